The monoisotopic (exact) mass is 290 g/mol. The molecular weight excluding hydrogens is 264 g/mol. The van der Waals surface area contributed by atoms with Crippen molar-refractivity contribution >= 4 is 11.6 Å². The van der Waals surface area contributed by atoms with Gasteiger partial charge in [0.1, 0.15) is 0 Å². The summed E-state index contributed by atoms with van der Waals surface area (Å²) in [5.41, 5.74) is 2.01. The van der Waals surface area contributed by atoms with Crippen LogP contribution in [0.25, 0.3) is 0 Å². The molecule has 21 heavy (non-hydrogen) atoms. The topological polar surface area (TPSA) is 52.6 Å². The van der Waals surface area contributed by atoms with E-state index < -0.39 is 6.10 Å². The number of hydrogen-bond acceptors (Lipinski definition) is 3. The molecule has 0 aromatic heterocycles. The fraction of sp³-hybridized carbons (Fsp3) is 0.588. The molecule has 1 fully saturated rings. The van der Waals surface area contributed by atoms with Crippen molar-refractivity contribution in [2.75, 3.05) is 18.4 Å². The first kappa shape index (κ1) is 16.0. The fourth-order valence-corrected chi connectivity index (χ4v) is 2.59. The molecule has 1 unspecified atom stereocenters. The second-order valence-electron chi connectivity index (χ2n) is 6.20. The third-order valence-electron chi connectivity index (χ3n) is 4.05. The van der Waals surface area contributed by atoms with Crippen molar-refractivity contribution in [2.45, 2.75) is 45.8 Å². The lowest BCUT2D eigenvalue weighted by Gasteiger charge is -2.19. The zero-order valence-corrected chi connectivity index (χ0v) is 13.0. The summed E-state index contributed by atoms with van der Waals surface area (Å²) in [5.74, 6) is -0.0272. The molecule has 0 saturated carbocycles. The number of carbonyl (C=O) groups is 1. The Bertz CT molecular complexity index is 468. The smallest absolute Gasteiger partial charge is 0.226 e. The van der Waals surface area contributed by atoms with E-state index in [1.807, 2.05) is 32.0 Å². The number of para-hydroxylation sites is 1. The minimum Gasteiger partial charge on any atom is -0.392 e. The molecule has 1 aromatic rings. The van der Waals surface area contributed by atoms with Crippen molar-refractivity contribution in [3.05, 3.63) is 29.8 Å². The standard InChI is InChI=1S/C17H26N2O2/c1-13(2)16(20)11-17(21)18-15-8-4-3-7-14(15)12-19-9-5-6-10-19/h3-4,7-8,13,16,20H,5-6,9-12H2,1-2H3,(H,18,21). The van der Waals surface area contributed by atoms with Gasteiger partial charge < -0.3 is 10.4 Å². The first-order valence-electron chi connectivity index (χ1n) is 7.84. The Labute approximate surface area is 127 Å². The molecular formula is C17H26N2O2. The predicted octanol–water partition coefficient (Wildman–Crippen LogP) is 2.63. The van der Waals surface area contributed by atoms with Gasteiger partial charge >= 0.3 is 0 Å². The summed E-state index contributed by atoms with van der Waals surface area (Å²) in [4.78, 5) is 14.4. The van der Waals surface area contributed by atoms with Gasteiger partial charge in [0.15, 0.2) is 0 Å². The first-order valence-corrected chi connectivity index (χ1v) is 7.84. The van der Waals surface area contributed by atoms with Gasteiger partial charge in [-0.3, -0.25) is 9.69 Å². The summed E-state index contributed by atoms with van der Waals surface area (Å²) in [7, 11) is 0. The second kappa shape index (κ2) is 7.57. The Morgan fingerprint density at radius 2 is 1.95 bits per heavy atom. The van der Waals surface area contributed by atoms with E-state index in [4.69, 9.17) is 0 Å². The van der Waals surface area contributed by atoms with Crippen molar-refractivity contribution < 1.29 is 9.90 Å². The van der Waals surface area contributed by atoms with E-state index in [9.17, 15) is 9.90 Å². The van der Waals surface area contributed by atoms with Crippen molar-refractivity contribution in [1.82, 2.24) is 4.90 Å². The number of rotatable bonds is 6. The molecule has 1 aliphatic rings. The molecule has 2 rings (SSSR count). The highest BCUT2D eigenvalue weighted by Crippen LogP contribution is 2.20. The number of aliphatic hydroxyl groups is 1. The van der Waals surface area contributed by atoms with Gasteiger partial charge in [-0.15, -0.1) is 0 Å². The Hall–Kier alpha value is -1.39. The molecule has 4 nitrogen and oxygen atoms in total. The third kappa shape index (κ3) is 4.83. The van der Waals surface area contributed by atoms with Crippen LogP contribution >= 0.6 is 0 Å². The largest absolute Gasteiger partial charge is 0.392 e. The Kier molecular flexibility index (Phi) is 5.76. The minimum atomic E-state index is -0.587. The van der Waals surface area contributed by atoms with Crippen molar-refractivity contribution in [1.29, 1.82) is 0 Å². The average molecular weight is 290 g/mol. The molecule has 4 heteroatoms. The van der Waals surface area contributed by atoms with E-state index in [2.05, 4.69) is 16.3 Å². The lowest BCUT2D eigenvalue weighted by Crippen LogP contribution is -2.25. The number of amides is 1. The van der Waals surface area contributed by atoms with Gasteiger partial charge in [0.2, 0.25) is 5.91 Å². The van der Waals surface area contributed by atoms with Crippen LogP contribution in [0.5, 0.6) is 0 Å². The van der Waals surface area contributed by atoms with Crippen molar-refractivity contribution in [2.24, 2.45) is 5.92 Å². The van der Waals surface area contributed by atoms with E-state index >= 15 is 0 Å². The van der Waals surface area contributed by atoms with Gasteiger partial charge in [-0.05, 0) is 43.5 Å². The maximum absolute atomic E-state index is 12.0. The molecule has 1 amide bonds. The van der Waals surface area contributed by atoms with Gasteiger partial charge in [0.25, 0.3) is 0 Å². The number of nitrogens with one attached hydrogen (secondary N) is 1. The minimum absolute atomic E-state index is 0.0931. The summed E-state index contributed by atoms with van der Waals surface area (Å²) in [6, 6.07) is 7.93. The molecule has 0 aliphatic carbocycles. The first-order chi connectivity index (χ1) is 10.1. The molecule has 2 N–H and O–H groups in total. The molecule has 0 radical (unpaired) electrons. The van der Waals surface area contributed by atoms with Gasteiger partial charge in [0, 0.05) is 12.2 Å². The summed E-state index contributed by atoms with van der Waals surface area (Å²) < 4.78 is 0. The SMILES string of the molecule is CC(C)C(O)CC(=O)Nc1ccccc1CN1CCCC1. The van der Waals surface area contributed by atoms with E-state index in [1.165, 1.54) is 12.8 Å². The molecule has 0 bridgehead atoms. The highest BCUT2D eigenvalue weighted by molar-refractivity contribution is 5.91. The highest BCUT2D eigenvalue weighted by Gasteiger charge is 2.17. The molecule has 116 valence electrons. The Morgan fingerprint density at radius 1 is 1.29 bits per heavy atom. The lowest BCUT2D eigenvalue weighted by molar-refractivity contribution is -0.118. The van der Waals surface area contributed by atoms with Crippen LogP contribution in [0.1, 0.15) is 38.7 Å². The van der Waals surface area contributed by atoms with Crippen LogP contribution in [0.2, 0.25) is 0 Å². The number of carbonyl (C=O) groups excluding carboxylic acids is 1. The van der Waals surface area contributed by atoms with E-state index in [0.717, 1.165) is 30.9 Å². The van der Waals surface area contributed by atoms with E-state index in [1.54, 1.807) is 0 Å². The molecule has 1 aromatic carbocycles. The number of benzene rings is 1. The number of hydrogen-bond donors (Lipinski definition) is 2. The lowest BCUT2D eigenvalue weighted by atomic mass is 10.0. The van der Waals surface area contributed by atoms with Crippen LogP contribution in [0.15, 0.2) is 24.3 Å². The van der Waals surface area contributed by atoms with E-state index in [-0.39, 0.29) is 18.2 Å². The summed E-state index contributed by atoms with van der Waals surface area (Å²) >= 11 is 0. The number of nitrogens with zero attached hydrogens (tertiary/aromatic N) is 1. The maximum atomic E-state index is 12.0. The van der Waals surface area contributed by atoms with Gasteiger partial charge in [-0.2, -0.15) is 0 Å². The molecule has 1 atom stereocenters. The van der Waals surface area contributed by atoms with Gasteiger partial charge in [0.05, 0.1) is 12.5 Å². The number of anilines is 1. The molecule has 1 heterocycles. The highest BCUT2D eigenvalue weighted by atomic mass is 16.3. The maximum Gasteiger partial charge on any atom is 0.226 e. The van der Waals surface area contributed by atoms with Gasteiger partial charge in [-0.1, -0.05) is 32.0 Å². The van der Waals surface area contributed by atoms with Gasteiger partial charge in [-0.25, -0.2) is 0 Å². The zero-order chi connectivity index (χ0) is 15.2. The molecule has 1 saturated heterocycles. The predicted molar refractivity (Wildman–Crippen MR) is 85.0 cm³/mol. The van der Waals surface area contributed by atoms with Crippen LogP contribution in [0.3, 0.4) is 0 Å². The summed E-state index contributed by atoms with van der Waals surface area (Å²) in [6.45, 7) is 6.98. The average Bonchev–Trinajstić information content (AvgIpc) is 2.93. The summed E-state index contributed by atoms with van der Waals surface area (Å²) in [6.07, 6.45) is 2.08. The third-order valence-corrected chi connectivity index (χ3v) is 4.05. The van der Waals surface area contributed by atoms with Crippen LogP contribution < -0.4 is 5.32 Å². The molecule has 0 spiro atoms. The fourth-order valence-electron chi connectivity index (χ4n) is 2.59. The normalized spacial score (nSPS) is 17.1. The summed E-state index contributed by atoms with van der Waals surface area (Å²) in [5, 5.41) is 12.7. The Morgan fingerprint density at radius 3 is 2.62 bits per heavy atom. The number of likely N-dealkylation sites (tertiary alicyclic amines) is 1. The second-order valence-corrected chi connectivity index (χ2v) is 6.20. The van der Waals surface area contributed by atoms with Crippen LogP contribution in [-0.4, -0.2) is 35.1 Å². The van der Waals surface area contributed by atoms with Crippen LogP contribution in [-0.2, 0) is 11.3 Å². The Balaban J connectivity index is 1.97. The zero-order valence-electron chi connectivity index (χ0n) is 13.0. The van der Waals surface area contributed by atoms with Crippen molar-refractivity contribution in [3.8, 4) is 0 Å². The van der Waals surface area contributed by atoms with E-state index in [0.29, 0.717) is 0 Å². The number of aliphatic hydroxyl groups excluding tert-OH is 1. The van der Waals surface area contributed by atoms with Crippen LogP contribution in [0, 0.1) is 5.92 Å². The van der Waals surface area contributed by atoms with Crippen LogP contribution in [0.4, 0.5) is 5.69 Å². The quantitative estimate of drug-likeness (QED) is 0.847. The molecule has 1 aliphatic heterocycles. The van der Waals surface area contributed by atoms with Crippen molar-refractivity contribution in [3.63, 3.8) is 0 Å².